The highest BCUT2D eigenvalue weighted by atomic mass is 32.1. The molecule has 2 N–H and O–H groups in total. The number of nitrogen functional groups attached to an aromatic ring is 1. The SMILES string of the molecule is CC(=O)c1nnsc1N. The van der Waals surface area contributed by atoms with Gasteiger partial charge in [0.15, 0.2) is 11.5 Å². The van der Waals surface area contributed by atoms with Gasteiger partial charge >= 0.3 is 0 Å². The average Bonchev–Trinajstić information content (AvgIpc) is 2.13. The van der Waals surface area contributed by atoms with Crippen molar-refractivity contribution < 1.29 is 4.79 Å². The van der Waals surface area contributed by atoms with E-state index in [4.69, 9.17) is 5.73 Å². The Kier molecular flexibility index (Phi) is 1.44. The predicted octanol–water partition coefficient (Wildman–Crippen LogP) is 0.323. The molecule has 4 nitrogen and oxygen atoms in total. The minimum absolute atomic E-state index is 0.138. The number of nitrogens with two attached hydrogens (primary N) is 1. The number of ketones is 1. The smallest absolute Gasteiger partial charge is 0.183 e. The molecule has 0 radical (unpaired) electrons. The number of rotatable bonds is 1. The number of carbonyl (C=O) groups excluding carboxylic acids is 1. The molecule has 0 saturated heterocycles. The molecule has 0 fully saturated rings. The third kappa shape index (κ3) is 1.05. The van der Waals surface area contributed by atoms with Crippen molar-refractivity contribution in [2.45, 2.75) is 6.92 Å². The number of hydrogen-bond donors (Lipinski definition) is 1. The van der Waals surface area contributed by atoms with Crippen molar-refractivity contribution in [3.05, 3.63) is 5.69 Å². The van der Waals surface area contributed by atoms with Gasteiger partial charge in [0.2, 0.25) is 0 Å². The van der Waals surface area contributed by atoms with E-state index in [0.29, 0.717) is 5.00 Å². The fraction of sp³-hybridized carbons (Fsp3) is 0.250. The summed E-state index contributed by atoms with van der Waals surface area (Å²) in [5.74, 6) is -0.138. The minimum atomic E-state index is -0.138. The summed E-state index contributed by atoms with van der Waals surface area (Å²) in [6, 6.07) is 0. The van der Waals surface area contributed by atoms with Gasteiger partial charge in [0.1, 0.15) is 5.00 Å². The molecule has 0 unspecified atom stereocenters. The molecule has 1 rings (SSSR count). The summed E-state index contributed by atoms with van der Waals surface area (Å²) in [4.78, 5) is 10.6. The van der Waals surface area contributed by atoms with Gasteiger partial charge in [0.05, 0.1) is 0 Å². The Bertz CT molecular complexity index is 231. The van der Waals surface area contributed by atoms with Crippen molar-refractivity contribution in [3.63, 3.8) is 0 Å². The van der Waals surface area contributed by atoms with Crippen LogP contribution in [-0.4, -0.2) is 15.4 Å². The molecular formula is C4H5N3OS. The zero-order chi connectivity index (χ0) is 6.85. The molecule has 1 aromatic heterocycles. The third-order valence-corrected chi connectivity index (χ3v) is 1.40. The van der Waals surface area contributed by atoms with E-state index in [-0.39, 0.29) is 11.5 Å². The fourth-order valence-electron chi connectivity index (χ4n) is 0.442. The standard InChI is InChI=1S/C4H5N3OS/c1-2(8)3-4(5)9-7-6-3/h5H2,1H3. The van der Waals surface area contributed by atoms with Gasteiger partial charge in [-0.3, -0.25) is 4.79 Å². The molecular weight excluding hydrogens is 138 g/mol. The van der Waals surface area contributed by atoms with Gasteiger partial charge in [0, 0.05) is 18.5 Å². The minimum Gasteiger partial charge on any atom is -0.387 e. The Morgan fingerprint density at radius 2 is 2.44 bits per heavy atom. The Hall–Kier alpha value is -0.970. The van der Waals surface area contributed by atoms with Crippen LogP contribution in [0.5, 0.6) is 0 Å². The second kappa shape index (κ2) is 2.10. The molecule has 1 aromatic rings. The quantitative estimate of drug-likeness (QED) is 0.575. The Morgan fingerprint density at radius 1 is 1.78 bits per heavy atom. The maximum atomic E-state index is 10.6. The van der Waals surface area contributed by atoms with Gasteiger partial charge < -0.3 is 5.73 Å². The van der Waals surface area contributed by atoms with Gasteiger partial charge in [-0.05, 0) is 0 Å². The van der Waals surface area contributed by atoms with Crippen molar-refractivity contribution in [1.29, 1.82) is 0 Å². The molecule has 0 bridgehead atoms. The summed E-state index contributed by atoms with van der Waals surface area (Å²) in [5.41, 5.74) is 5.59. The lowest BCUT2D eigenvalue weighted by molar-refractivity contribution is 0.101. The van der Waals surface area contributed by atoms with E-state index in [0.717, 1.165) is 11.5 Å². The molecule has 0 aliphatic carbocycles. The number of aromatic nitrogens is 2. The van der Waals surface area contributed by atoms with Crippen molar-refractivity contribution in [1.82, 2.24) is 9.59 Å². The van der Waals surface area contributed by atoms with Crippen LogP contribution >= 0.6 is 11.5 Å². The highest BCUT2D eigenvalue weighted by molar-refractivity contribution is 7.10. The van der Waals surface area contributed by atoms with Crippen LogP contribution in [0.15, 0.2) is 0 Å². The van der Waals surface area contributed by atoms with E-state index in [1.807, 2.05) is 0 Å². The molecule has 0 spiro atoms. The summed E-state index contributed by atoms with van der Waals surface area (Å²) >= 11 is 1.03. The van der Waals surface area contributed by atoms with Gasteiger partial charge in [-0.2, -0.15) is 0 Å². The summed E-state index contributed by atoms with van der Waals surface area (Å²) in [6.45, 7) is 1.41. The van der Waals surface area contributed by atoms with Crippen LogP contribution in [0.25, 0.3) is 0 Å². The number of carbonyl (C=O) groups is 1. The van der Waals surface area contributed by atoms with Crippen molar-refractivity contribution in [2.24, 2.45) is 0 Å². The van der Waals surface area contributed by atoms with Crippen LogP contribution in [0.4, 0.5) is 5.00 Å². The highest BCUT2D eigenvalue weighted by Gasteiger charge is 2.07. The van der Waals surface area contributed by atoms with E-state index in [2.05, 4.69) is 9.59 Å². The number of anilines is 1. The van der Waals surface area contributed by atoms with E-state index < -0.39 is 0 Å². The third-order valence-electron chi connectivity index (χ3n) is 0.847. The Labute approximate surface area is 55.9 Å². The fourth-order valence-corrected chi connectivity index (χ4v) is 0.923. The first-order valence-corrected chi connectivity index (χ1v) is 3.08. The molecule has 1 heterocycles. The van der Waals surface area contributed by atoms with Crippen molar-refractivity contribution >= 4 is 22.3 Å². The monoisotopic (exact) mass is 143 g/mol. The summed E-state index contributed by atoms with van der Waals surface area (Å²) in [6.07, 6.45) is 0. The maximum Gasteiger partial charge on any atom is 0.183 e. The van der Waals surface area contributed by atoms with E-state index >= 15 is 0 Å². The van der Waals surface area contributed by atoms with Crippen LogP contribution < -0.4 is 5.73 Å². The number of hydrogen-bond acceptors (Lipinski definition) is 5. The lowest BCUT2D eigenvalue weighted by Gasteiger charge is -1.83. The molecule has 0 aromatic carbocycles. The molecule has 0 atom stereocenters. The summed E-state index contributed by atoms with van der Waals surface area (Å²) in [7, 11) is 0. The molecule has 5 heteroatoms. The summed E-state index contributed by atoms with van der Waals surface area (Å²) in [5, 5.41) is 3.90. The number of Topliss-reactive ketones (excluding diaryl/α,β-unsaturated/α-hetero) is 1. The average molecular weight is 143 g/mol. The van der Waals surface area contributed by atoms with Crippen LogP contribution in [0.2, 0.25) is 0 Å². The van der Waals surface area contributed by atoms with Crippen LogP contribution in [-0.2, 0) is 0 Å². The molecule has 0 aliphatic rings. The predicted molar refractivity (Wildman–Crippen MR) is 34.3 cm³/mol. The maximum absolute atomic E-state index is 10.6. The second-order valence-electron chi connectivity index (χ2n) is 1.54. The zero-order valence-corrected chi connectivity index (χ0v) is 5.60. The van der Waals surface area contributed by atoms with Gasteiger partial charge in [-0.1, -0.05) is 4.49 Å². The first-order chi connectivity index (χ1) is 4.22. The van der Waals surface area contributed by atoms with E-state index in [1.54, 1.807) is 0 Å². The van der Waals surface area contributed by atoms with Crippen molar-refractivity contribution in [3.8, 4) is 0 Å². The zero-order valence-electron chi connectivity index (χ0n) is 4.79. The Morgan fingerprint density at radius 3 is 2.67 bits per heavy atom. The van der Waals surface area contributed by atoms with Gasteiger partial charge in [-0.15, -0.1) is 5.10 Å². The lowest BCUT2D eigenvalue weighted by atomic mass is 10.3. The molecule has 9 heavy (non-hydrogen) atoms. The molecule has 0 saturated carbocycles. The van der Waals surface area contributed by atoms with E-state index in [1.165, 1.54) is 6.92 Å². The molecule has 0 amide bonds. The van der Waals surface area contributed by atoms with Crippen molar-refractivity contribution in [2.75, 3.05) is 5.73 Å². The van der Waals surface area contributed by atoms with E-state index in [9.17, 15) is 4.79 Å². The first-order valence-electron chi connectivity index (χ1n) is 2.30. The van der Waals surface area contributed by atoms with Gasteiger partial charge in [-0.25, -0.2) is 0 Å². The summed E-state index contributed by atoms with van der Waals surface area (Å²) < 4.78 is 3.49. The number of nitrogens with zero attached hydrogens (tertiary/aromatic N) is 2. The van der Waals surface area contributed by atoms with Crippen LogP contribution in [0.1, 0.15) is 17.4 Å². The van der Waals surface area contributed by atoms with Crippen LogP contribution in [0.3, 0.4) is 0 Å². The highest BCUT2D eigenvalue weighted by Crippen LogP contribution is 2.11. The first kappa shape index (κ1) is 6.15. The lowest BCUT2D eigenvalue weighted by Crippen LogP contribution is -1.96. The van der Waals surface area contributed by atoms with Gasteiger partial charge in [0.25, 0.3) is 0 Å². The largest absolute Gasteiger partial charge is 0.387 e. The van der Waals surface area contributed by atoms with Crippen LogP contribution in [0, 0.1) is 0 Å². The molecule has 0 aliphatic heterocycles. The normalized spacial score (nSPS) is 9.44. The molecule has 48 valence electrons. The topological polar surface area (TPSA) is 68.9 Å². The Balaban J connectivity index is 3.08. The second-order valence-corrected chi connectivity index (χ2v) is 2.33.